The van der Waals surface area contributed by atoms with E-state index in [9.17, 15) is 15.0 Å². The lowest BCUT2D eigenvalue weighted by Crippen LogP contribution is -2.59. The van der Waals surface area contributed by atoms with Crippen molar-refractivity contribution in [3.05, 3.63) is 69.7 Å². The average molecular weight is 535 g/mol. The molecule has 1 amide bonds. The summed E-state index contributed by atoms with van der Waals surface area (Å²) in [6.07, 6.45) is 3.46. The fourth-order valence-corrected chi connectivity index (χ4v) is 6.55. The number of aliphatic hydroxyl groups is 2. The standard InChI is InChI=1S/C29H37Cl2NO4/c1-3-25(26-9-4-5-14-36-26)32-27(19-10-12-21(30)13-11-19)24(20-7-6-8-22(31)15-20)17-29(2,28(32)35)16-23(34)18-33/h6-8,10-13,15,23-27,33-34H,3-5,9,14,16-18H2,1-2H3/t23?,24-,25+,26?,27?,29+/m1/s1. The molecule has 6 atom stereocenters. The van der Waals surface area contributed by atoms with Crippen LogP contribution in [0.3, 0.4) is 0 Å². The third-order valence-corrected chi connectivity index (χ3v) is 8.39. The zero-order valence-electron chi connectivity index (χ0n) is 21.1. The van der Waals surface area contributed by atoms with Crippen molar-refractivity contribution in [2.24, 2.45) is 5.41 Å². The van der Waals surface area contributed by atoms with Gasteiger partial charge in [0.05, 0.1) is 30.9 Å². The highest BCUT2D eigenvalue weighted by atomic mass is 35.5. The summed E-state index contributed by atoms with van der Waals surface area (Å²) < 4.78 is 6.24. The van der Waals surface area contributed by atoms with Gasteiger partial charge in [-0.3, -0.25) is 4.79 Å². The maximum atomic E-state index is 14.5. The first kappa shape index (κ1) is 27.4. The first-order chi connectivity index (χ1) is 17.3. The monoisotopic (exact) mass is 533 g/mol. The van der Waals surface area contributed by atoms with Crippen LogP contribution in [-0.4, -0.2) is 52.5 Å². The zero-order valence-corrected chi connectivity index (χ0v) is 22.6. The lowest BCUT2D eigenvalue weighted by Gasteiger charge is -2.54. The van der Waals surface area contributed by atoms with E-state index in [1.165, 1.54) is 0 Å². The van der Waals surface area contributed by atoms with E-state index in [-0.39, 0.29) is 43.0 Å². The van der Waals surface area contributed by atoms with Crippen LogP contribution < -0.4 is 0 Å². The Hall–Kier alpha value is -1.63. The van der Waals surface area contributed by atoms with E-state index in [2.05, 4.69) is 13.0 Å². The van der Waals surface area contributed by atoms with Crippen LogP contribution in [0.1, 0.15) is 75.5 Å². The molecule has 2 aliphatic rings. The summed E-state index contributed by atoms with van der Waals surface area (Å²) in [6.45, 7) is 4.35. The van der Waals surface area contributed by atoms with Crippen LogP contribution in [0.5, 0.6) is 0 Å². The van der Waals surface area contributed by atoms with Gasteiger partial charge in [-0.15, -0.1) is 0 Å². The van der Waals surface area contributed by atoms with Crippen molar-refractivity contribution >= 4 is 29.1 Å². The summed E-state index contributed by atoms with van der Waals surface area (Å²) in [4.78, 5) is 16.5. The minimum atomic E-state index is -0.973. The van der Waals surface area contributed by atoms with E-state index in [4.69, 9.17) is 27.9 Å². The zero-order chi connectivity index (χ0) is 25.9. The highest BCUT2D eigenvalue weighted by molar-refractivity contribution is 6.30. The van der Waals surface area contributed by atoms with Crippen LogP contribution in [0.2, 0.25) is 10.0 Å². The number of piperidine rings is 1. The van der Waals surface area contributed by atoms with Gasteiger partial charge in [0.25, 0.3) is 0 Å². The van der Waals surface area contributed by atoms with Crippen LogP contribution in [0.15, 0.2) is 48.5 Å². The van der Waals surface area contributed by atoms with Gasteiger partial charge in [-0.1, -0.05) is 61.3 Å². The molecule has 5 nitrogen and oxygen atoms in total. The molecule has 0 bridgehead atoms. The topological polar surface area (TPSA) is 70.0 Å². The lowest BCUT2D eigenvalue weighted by molar-refractivity contribution is -0.164. The second kappa shape index (κ2) is 11.8. The average Bonchev–Trinajstić information content (AvgIpc) is 2.88. The molecule has 2 heterocycles. The Labute approximate surface area is 224 Å². The number of rotatable bonds is 8. The molecule has 0 aromatic heterocycles. The molecule has 0 spiro atoms. The van der Waals surface area contributed by atoms with Crippen LogP contribution in [0.25, 0.3) is 0 Å². The van der Waals surface area contributed by atoms with E-state index in [1.807, 2.05) is 54.3 Å². The van der Waals surface area contributed by atoms with Gasteiger partial charge in [0.1, 0.15) is 0 Å². The van der Waals surface area contributed by atoms with E-state index in [0.717, 1.165) is 36.8 Å². The van der Waals surface area contributed by atoms with Gasteiger partial charge in [-0.2, -0.15) is 0 Å². The predicted molar refractivity (Wildman–Crippen MR) is 143 cm³/mol. The Bertz CT molecular complexity index is 1030. The second-order valence-electron chi connectivity index (χ2n) is 10.6. The summed E-state index contributed by atoms with van der Waals surface area (Å²) in [6, 6.07) is 15.2. The van der Waals surface area contributed by atoms with Gasteiger partial charge in [-0.25, -0.2) is 0 Å². The minimum absolute atomic E-state index is 0.00532. The molecule has 4 rings (SSSR count). The normalized spacial score (nSPS) is 28.7. The van der Waals surface area contributed by atoms with E-state index >= 15 is 0 Å². The maximum Gasteiger partial charge on any atom is 0.229 e. The Morgan fingerprint density at radius 2 is 1.86 bits per heavy atom. The van der Waals surface area contributed by atoms with E-state index < -0.39 is 11.5 Å². The number of carbonyl (C=O) groups is 1. The highest BCUT2D eigenvalue weighted by Gasteiger charge is 2.53. The smallest absolute Gasteiger partial charge is 0.229 e. The van der Waals surface area contributed by atoms with E-state index in [1.54, 1.807) is 0 Å². The lowest BCUT2D eigenvalue weighted by atomic mass is 9.66. The van der Waals surface area contributed by atoms with Crippen LogP contribution >= 0.6 is 23.2 Å². The number of halogens is 2. The largest absolute Gasteiger partial charge is 0.394 e. The number of amides is 1. The SMILES string of the molecule is CC[C@@H](C1CCCCO1)N1C(=O)[C@@](C)(CC(O)CO)C[C@H](c2cccc(Cl)c2)C1c1ccc(Cl)cc1. The van der Waals surface area contributed by atoms with Crippen LogP contribution in [-0.2, 0) is 9.53 Å². The number of benzene rings is 2. The van der Waals surface area contributed by atoms with Gasteiger partial charge in [0.2, 0.25) is 5.91 Å². The highest BCUT2D eigenvalue weighted by Crippen LogP contribution is 2.53. The fraction of sp³-hybridized carbons (Fsp3) is 0.552. The third-order valence-electron chi connectivity index (χ3n) is 7.91. The Balaban J connectivity index is 1.88. The minimum Gasteiger partial charge on any atom is -0.394 e. The molecule has 2 aromatic rings. The number of carbonyl (C=O) groups excluding carboxylic acids is 1. The van der Waals surface area contributed by atoms with Crippen molar-refractivity contribution in [2.75, 3.05) is 13.2 Å². The molecule has 2 fully saturated rings. The Morgan fingerprint density at radius 1 is 1.11 bits per heavy atom. The molecule has 7 heteroatoms. The van der Waals surface area contributed by atoms with Gasteiger partial charge in [-0.05, 0) is 73.9 Å². The first-order valence-corrected chi connectivity index (χ1v) is 13.8. The summed E-state index contributed by atoms with van der Waals surface area (Å²) >= 11 is 12.7. The van der Waals surface area contributed by atoms with Crippen LogP contribution in [0, 0.1) is 5.41 Å². The molecule has 0 radical (unpaired) electrons. The quantitative estimate of drug-likeness (QED) is 0.427. The van der Waals surface area contributed by atoms with Crippen molar-refractivity contribution in [2.45, 2.75) is 82.6 Å². The molecular formula is C29H37Cl2NO4. The van der Waals surface area contributed by atoms with Crippen molar-refractivity contribution < 1.29 is 19.7 Å². The Kier molecular flexibility index (Phi) is 9.00. The molecule has 36 heavy (non-hydrogen) atoms. The molecule has 2 N–H and O–H groups in total. The molecule has 196 valence electrons. The van der Waals surface area contributed by atoms with E-state index in [0.29, 0.717) is 23.1 Å². The number of likely N-dealkylation sites (tertiary alicyclic amines) is 1. The maximum absolute atomic E-state index is 14.5. The molecule has 0 saturated carbocycles. The molecule has 2 aliphatic heterocycles. The van der Waals surface area contributed by atoms with Gasteiger partial charge in [0, 0.05) is 28.0 Å². The van der Waals surface area contributed by atoms with Crippen molar-refractivity contribution in [1.29, 1.82) is 0 Å². The molecule has 2 aromatic carbocycles. The van der Waals surface area contributed by atoms with Crippen molar-refractivity contribution in [3.63, 3.8) is 0 Å². The Morgan fingerprint density at radius 3 is 2.47 bits per heavy atom. The summed E-state index contributed by atoms with van der Waals surface area (Å²) in [5, 5.41) is 21.4. The number of hydrogen-bond donors (Lipinski definition) is 2. The summed E-state index contributed by atoms with van der Waals surface area (Å²) in [7, 11) is 0. The third kappa shape index (κ3) is 5.76. The second-order valence-corrected chi connectivity index (χ2v) is 11.4. The number of ether oxygens (including phenoxy) is 1. The summed E-state index contributed by atoms with van der Waals surface area (Å²) in [5.74, 6) is -0.0784. The van der Waals surface area contributed by atoms with Crippen molar-refractivity contribution in [1.82, 2.24) is 4.90 Å². The summed E-state index contributed by atoms with van der Waals surface area (Å²) in [5.41, 5.74) is 1.20. The van der Waals surface area contributed by atoms with Gasteiger partial charge in [0.15, 0.2) is 0 Å². The number of aliphatic hydroxyl groups excluding tert-OH is 2. The number of nitrogens with zero attached hydrogens (tertiary/aromatic N) is 1. The predicted octanol–water partition coefficient (Wildman–Crippen LogP) is 6.15. The first-order valence-electron chi connectivity index (χ1n) is 13.0. The number of hydrogen-bond acceptors (Lipinski definition) is 4. The van der Waals surface area contributed by atoms with Crippen molar-refractivity contribution in [3.8, 4) is 0 Å². The van der Waals surface area contributed by atoms with Gasteiger partial charge >= 0.3 is 0 Å². The molecular weight excluding hydrogens is 497 g/mol. The molecule has 2 saturated heterocycles. The molecule has 0 aliphatic carbocycles. The molecule has 3 unspecified atom stereocenters. The van der Waals surface area contributed by atoms with Crippen LogP contribution in [0.4, 0.5) is 0 Å². The van der Waals surface area contributed by atoms with Gasteiger partial charge < -0.3 is 19.8 Å². The fourth-order valence-electron chi connectivity index (χ4n) is 6.23.